The van der Waals surface area contributed by atoms with Crippen LogP contribution in [0.25, 0.3) is 0 Å². The number of unbranched alkanes of at least 4 members (excludes halogenated alkanes) is 2. The summed E-state index contributed by atoms with van der Waals surface area (Å²) in [5, 5.41) is 0. The van der Waals surface area contributed by atoms with Gasteiger partial charge < -0.3 is 9.47 Å². The summed E-state index contributed by atoms with van der Waals surface area (Å²) in [6.07, 6.45) is 58.1. The quantitative estimate of drug-likeness (QED) is 0.0338. The Morgan fingerprint density at radius 3 is 1.31 bits per heavy atom. The van der Waals surface area contributed by atoms with Crippen molar-refractivity contribution >= 4 is 18.2 Å². The Balaban J connectivity index is 2.30. The van der Waals surface area contributed by atoms with Crippen LogP contribution in [0.3, 0.4) is 0 Å². The number of ether oxygens (including phenoxy) is 2. The summed E-state index contributed by atoms with van der Waals surface area (Å²) in [5.41, 5.74) is 1.01. The lowest BCUT2D eigenvalue weighted by Gasteiger charge is -2.13. The highest BCUT2D eigenvalue weighted by Gasteiger charge is 2.18. The molecule has 0 radical (unpaired) electrons. The van der Waals surface area contributed by atoms with Crippen molar-refractivity contribution in [2.75, 3.05) is 0 Å². The Kier molecular flexibility index (Phi) is 30.8. The topological polar surface area (TPSA) is 82.6 Å². The number of esters is 2. The van der Waals surface area contributed by atoms with Crippen LogP contribution in [-0.2, 0) is 20.9 Å². The van der Waals surface area contributed by atoms with Crippen LogP contribution in [0.15, 0.2) is 128 Å². The molecule has 0 unspecified atom stereocenters. The van der Waals surface area contributed by atoms with Gasteiger partial charge in [0.15, 0.2) is 12.0 Å². The van der Waals surface area contributed by atoms with Gasteiger partial charge in [0.05, 0.1) is 11.3 Å². The van der Waals surface area contributed by atoms with Gasteiger partial charge in [0.25, 0.3) is 0 Å². The predicted octanol–water partition coefficient (Wildman–Crippen LogP) is 13.0. The summed E-state index contributed by atoms with van der Waals surface area (Å²) in [6.45, 7) is 5.84. The molecule has 1 rings (SSSR count). The highest BCUT2D eigenvalue weighted by atomic mass is 16.5. The van der Waals surface area contributed by atoms with E-state index in [0.29, 0.717) is 30.4 Å². The number of nitrogens with zero attached hydrogens (tertiary/aromatic N) is 1. The number of aryl methyl sites for hydroxylation is 1. The van der Waals surface area contributed by atoms with E-state index in [1.165, 1.54) is 6.20 Å². The highest BCUT2D eigenvalue weighted by Crippen LogP contribution is 2.25. The number of hydrogen-bond donors (Lipinski definition) is 0. The second-order valence-electron chi connectivity index (χ2n) is 12.6. The van der Waals surface area contributed by atoms with Crippen LogP contribution in [0.1, 0.15) is 138 Å². The molecule has 1 aromatic rings. The molecule has 0 atom stereocenters. The molecule has 0 amide bonds. The first-order valence-electron chi connectivity index (χ1n) is 19.8. The van der Waals surface area contributed by atoms with Crippen molar-refractivity contribution in [1.29, 1.82) is 0 Å². The van der Waals surface area contributed by atoms with Gasteiger partial charge >= 0.3 is 11.9 Å². The number of carbonyl (C=O) groups is 3. The van der Waals surface area contributed by atoms with Gasteiger partial charge in [-0.2, -0.15) is 0 Å². The first-order valence-corrected chi connectivity index (χ1v) is 19.8. The fraction of sp³-hybridized carbons (Fsp3) is 0.417. The minimum absolute atomic E-state index is 0.115. The van der Waals surface area contributed by atoms with Crippen LogP contribution in [0.5, 0.6) is 5.75 Å². The molecule has 0 fully saturated rings. The Morgan fingerprint density at radius 2 is 0.926 bits per heavy atom. The van der Waals surface area contributed by atoms with Crippen molar-refractivity contribution in [3.63, 3.8) is 0 Å². The van der Waals surface area contributed by atoms with Gasteiger partial charge in [-0.05, 0) is 96.8 Å². The molecule has 0 saturated carbocycles. The summed E-state index contributed by atoms with van der Waals surface area (Å²) in [4.78, 5) is 41.2. The van der Waals surface area contributed by atoms with Crippen molar-refractivity contribution in [3.8, 4) is 5.75 Å². The van der Waals surface area contributed by atoms with Gasteiger partial charge in [-0.3, -0.25) is 19.4 Å². The lowest BCUT2D eigenvalue weighted by atomic mass is 10.1. The average Bonchev–Trinajstić information content (AvgIpc) is 3.17. The van der Waals surface area contributed by atoms with Crippen LogP contribution in [0, 0.1) is 6.92 Å². The normalized spacial score (nSPS) is 12.7. The van der Waals surface area contributed by atoms with Crippen molar-refractivity contribution < 1.29 is 23.9 Å². The Morgan fingerprint density at radius 1 is 0.556 bits per heavy atom. The molecule has 1 heterocycles. The lowest BCUT2D eigenvalue weighted by molar-refractivity contribution is -0.145. The van der Waals surface area contributed by atoms with Gasteiger partial charge in [-0.1, -0.05) is 135 Å². The van der Waals surface area contributed by atoms with Crippen LogP contribution in [-0.4, -0.2) is 23.2 Å². The van der Waals surface area contributed by atoms with Gasteiger partial charge in [-0.15, -0.1) is 0 Å². The summed E-state index contributed by atoms with van der Waals surface area (Å²) < 4.78 is 11.0. The van der Waals surface area contributed by atoms with E-state index in [0.717, 1.165) is 77.0 Å². The fourth-order valence-electron chi connectivity index (χ4n) is 4.88. The molecule has 0 aliphatic heterocycles. The van der Waals surface area contributed by atoms with Gasteiger partial charge in [0, 0.05) is 24.6 Å². The SMILES string of the molecule is CCC=CCC=CCC=CCC=CCC=CCCCC(=O)OCc1cnc(C)c(OC(=O)CCCC=CCC=CCC=CCC=CCC=CCC)c1C=O. The van der Waals surface area contributed by atoms with Crippen LogP contribution in [0.4, 0.5) is 0 Å². The van der Waals surface area contributed by atoms with Gasteiger partial charge in [0.2, 0.25) is 0 Å². The minimum Gasteiger partial charge on any atom is -0.461 e. The third kappa shape index (κ3) is 26.9. The molecule has 1 aromatic heterocycles. The standard InChI is InChI=1S/C48H65NO5/c1-4-6-8-10-12-14-16-18-20-22-24-26-28-30-32-34-36-38-46(51)53-42-44-40-49-43(3)48(45(44)41-50)54-47(52)39-37-35-33-31-29-27-25-23-21-19-17-15-13-11-9-7-5-2/h6-9,12-15,18-21,24-27,30-33,40-41H,4-5,10-11,16-17,22-23,28-29,34-39,42H2,1-3H3. The van der Waals surface area contributed by atoms with E-state index < -0.39 is 5.97 Å². The number of rotatable bonds is 30. The Hall–Kier alpha value is -4.84. The molecular weight excluding hydrogens is 671 g/mol. The Labute approximate surface area is 326 Å². The van der Waals surface area contributed by atoms with Gasteiger partial charge in [0.1, 0.15) is 6.61 Å². The molecule has 292 valence electrons. The summed E-state index contributed by atoms with van der Waals surface area (Å²) >= 11 is 0. The van der Waals surface area contributed by atoms with Crippen LogP contribution in [0.2, 0.25) is 0 Å². The van der Waals surface area contributed by atoms with Crippen molar-refractivity contribution in [2.45, 2.75) is 130 Å². The molecule has 0 aliphatic rings. The highest BCUT2D eigenvalue weighted by molar-refractivity contribution is 5.85. The summed E-state index contributed by atoms with van der Waals surface area (Å²) in [6, 6.07) is 0. The number of allylic oxidation sites excluding steroid dienone is 20. The van der Waals surface area contributed by atoms with E-state index >= 15 is 0 Å². The third-order valence-electron chi connectivity index (χ3n) is 7.87. The zero-order chi connectivity index (χ0) is 39.2. The molecule has 0 N–H and O–H groups in total. The molecule has 0 aliphatic carbocycles. The minimum atomic E-state index is -0.431. The summed E-state index contributed by atoms with van der Waals surface area (Å²) in [5.74, 6) is -0.662. The number of aldehydes is 1. The molecule has 0 saturated heterocycles. The zero-order valence-corrected chi connectivity index (χ0v) is 33.2. The summed E-state index contributed by atoms with van der Waals surface area (Å²) in [7, 11) is 0. The molecule has 6 heteroatoms. The number of carbonyl (C=O) groups excluding carboxylic acids is 3. The lowest BCUT2D eigenvalue weighted by Crippen LogP contribution is -2.13. The number of pyridine rings is 1. The van der Waals surface area contributed by atoms with E-state index in [-0.39, 0.29) is 36.7 Å². The second kappa shape index (κ2) is 35.2. The molecule has 0 aromatic carbocycles. The number of hydrogen-bond acceptors (Lipinski definition) is 6. The van der Waals surface area contributed by atoms with Crippen LogP contribution >= 0.6 is 0 Å². The first kappa shape index (κ1) is 47.2. The zero-order valence-electron chi connectivity index (χ0n) is 33.2. The molecule has 0 bridgehead atoms. The second-order valence-corrected chi connectivity index (χ2v) is 12.6. The molecular formula is C48H65NO5. The maximum atomic E-state index is 12.6. The predicted molar refractivity (Wildman–Crippen MR) is 226 cm³/mol. The third-order valence-corrected chi connectivity index (χ3v) is 7.87. The smallest absolute Gasteiger partial charge is 0.311 e. The van der Waals surface area contributed by atoms with E-state index in [1.54, 1.807) is 6.92 Å². The van der Waals surface area contributed by atoms with Crippen molar-refractivity contribution in [2.24, 2.45) is 0 Å². The Bertz CT molecular complexity index is 1480. The monoisotopic (exact) mass is 735 g/mol. The van der Waals surface area contributed by atoms with E-state index in [2.05, 4.69) is 140 Å². The molecule has 54 heavy (non-hydrogen) atoms. The number of aromatic nitrogens is 1. The van der Waals surface area contributed by atoms with Crippen molar-refractivity contribution in [3.05, 3.63) is 145 Å². The molecule has 6 nitrogen and oxygen atoms in total. The largest absolute Gasteiger partial charge is 0.461 e. The van der Waals surface area contributed by atoms with Crippen molar-refractivity contribution in [1.82, 2.24) is 4.98 Å². The molecule has 0 spiro atoms. The maximum Gasteiger partial charge on any atom is 0.311 e. The fourth-order valence-corrected chi connectivity index (χ4v) is 4.88. The van der Waals surface area contributed by atoms with E-state index in [4.69, 9.17) is 9.47 Å². The first-order chi connectivity index (χ1) is 26.5. The van der Waals surface area contributed by atoms with Crippen LogP contribution < -0.4 is 4.74 Å². The maximum absolute atomic E-state index is 12.6. The van der Waals surface area contributed by atoms with E-state index in [1.807, 2.05) is 0 Å². The van der Waals surface area contributed by atoms with E-state index in [9.17, 15) is 14.4 Å². The average molecular weight is 736 g/mol. The van der Waals surface area contributed by atoms with Gasteiger partial charge in [-0.25, -0.2) is 0 Å².